The molecule has 2 aromatic carbocycles. The number of hydrogen-bond acceptors (Lipinski definition) is 6. The largest absolute Gasteiger partial charge is 0.367 e. The fourth-order valence-corrected chi connectivity index (χ4v) is 5.18. The normalized spacial score (nSPS) is 16.5. The SMILES string of the molecule is CC(C)(C)C(=O)N1CCN(c2ccc(NC(=O)c3ccc(N4CCCCC4)c([N+](=O)[O-])c3)cc2Cl)CC1. The van der Waals surface area contributed by atoms with E-state index in [-0.39, 0.29) is 17.2 Å². The van der Waals surface area contributed by atoms with Crippen molar-refractivity contribution in [2.45, 2.75) is 40.0 Å². The lowest BCUT2D eigenvalue weighted by atomic mass is 9.94. The van der Waals surface area contributed by atoms with E-state index >= 15 is 0 Å². The zero-order chi connectivity index (χ0) is 26.7. The first kappa shape index (κ1) is 26.7. The van der Waals surface area contributed by atoms with Crippen LogP contribution in [-0.2, 0) is 4.79 Å². The third-order valence-electron chi connectivity index (χ3n) is 6.89. The standard InChI is InChI=1S/C27H34ClN5O4/c1-27(2,3)26(35)32-15-13-31(14-16-32)22-10-8-20(18-21(22)28)29-25(34)19-7-9-23(24(17-19)33(36)37)30-11-5-4-6-12-30/h7-10,17-18H,4-6,11-16H2,1-3H3,(H,29,34). The first-order valence-electron chi connectivity index (χ1n) is 12.7. The van der Waals surface area contributed by atoms with Gasteiger partial charge < -0.3 is 20.0 Å². The van der Waals surface area contributed by atoms with Gasteiger partial charge in [0.25, 0.3) is 11.6 Å². The molecule has 0 radical (unpaired) electrons. The number of halogens is 1. The summed E-state index contributed by atoms with van der Waals surface area (Å²) in [6, 6.07) is 9.92. The average molecular weight is 528 g/mol. The van der Waals surface area contributed by atoms with Gasteiger partial charge in [0.15, 0.2) is 0 Å². The summed E-state index contributed by atoms with van der Waals surface area (Å²) in [6.07, 6.45) is 3.13. The molecular formula is C27H34ClN5O4. The number of carbonyl (C=O) groups is 2. The Labute approximate surface area is 222 Å². The van der Waals surface area contributed by atoms with Crippen molar-refractivity contribution in [2.24, 2.45) is 5.41 Å². The van der Waals surface area contributed by atoms with E-state index < -0.39 is 16.2 Å². The third kappa shape index (κ3) is 6.15. The maximum atomic E-state index is 12.9. The molecule has 0 atom stereocenters. The van der Waals surface area contributed by atoms with Crippen LogP contribution in [0, 0.1) is 15.5 Å². The van der Waals surface area contributed by atoms with Crippen molar-refractivity contribution in [3.63, 3.8) is 0 Å². The molecular weight excluding hydrogens is 494 g/mol. The Morgan fingerprint density at radius 3 is 2.11 bits per heavy atom. The van der Waals surface area contributed by atoms with Crippen LogP contribution in [0.15, 0.2) is 36.4 Å². The van der Waals surface area contributed by atoms with Gasteiger partial charge in [-0.25, -0.2) is 0 Å². The molecule has 2 fully saturated rings. The van der Waals surface area contributed by atoms with Crippen molar-refractivity contribution in [1.29, 1.82) is 0 Å². The van der Waals surface area contributed by atoms with E-state index in [9.17, 15) is 19.7 Å². The van der Waals surface area contributed by atoms with E-state index in [2.05, 4.69) is 10.2 Å². The molecule has 2 aliphatic heterocycles. The van der Waals surface area contributed by atoms with Gasteiger partial charge in [0.05, 0.1) is 15.6 Å². The quantitative estimate of drug-likeness (QED) is 0.424. The first-order chi connectivity index (χ1) is 17.5. The molecule has 10 heteroatoms. The van der Waals surface area contributed by atoms with E-state index in [0.717, 1.165) is 38.0 Å². The fourth-order valence-electron chi connectivity index (χ4n) is 4.88. The van der Waals surface area contributed by atoms with Gasteiger partial charge in [-0.2, -0.15) is 0 Å². The van der Waals surface area contributed by atoms with Gasteiger partial charge in [0.2, 0.25) is 5.91 Å². The number of hydrogen-bond donors (Lipinski definition) is 1. The van der Waals surface area contributed by atoms with Gasteiger partial charge in [-0.15, -0.1) is 0 Å². The second kappa shape index (κ2) is 11.0. The Bertz CT molecular complexity index is 1180. The van der Waals surface area contributed by atoms with Gasteiger partial charge in [0.1, 0.15) is 5.69 Å². The van der Waals surface area contributed by atoms with Crippen LogP contribution in [0.4, 0.5) is 22.7 Å². The first-order valence-corrected chi connectivity index (χ1v) is 13.1. The highest BCUT2D eigenvalue weighted by molar-refractivity contribution is 6.33. The molecule has 0 spiro atoms. The summed E-state index contributed by atoms with van der Waals surface area (Å²) in [5, 5.41) is 15.0. The minimum Gasteiger partial charge on any atom is -0.367 e. The molecule has 0 saturated carbocycles. The van der Waals surface area contributed by atoms with Gasteiger partial charge >= 0.3 is 0 Å². The van der Waals surface area contributed by atoms with Crippen LogP contribution in [0.1, 0.15) is 50.4 Å². The lowest BCUT2D eigenvalue weighted by Gasteiger charge is -2.39. The Morgan fingerprint density at radius 2 is 1.51 bits per heavy atom. The zero-order valence-electron chi connectivity index (χ0n) is 21.6. The number of nitro groups is 1. The number of rotatable bonds is 5. The molecule has 2 aliphatic rings. The number of nitrogens with one attached hydrogen (secondary N) is 1. The summed E-state index contributed by atoms with van der Waals surface area (Å²) in [5.41, 5.74) is 1.64. The molecule has 1 N–H and O–H groups in total. The molecule has 0 aliphatic carbocycles. The second-order valence-electron chi connectivity index (χ2n) is 10.7. The molecule has 37 heavy (non-hydrogen) atoms. The molecule has 2 heterocycles. The number of piperazine rings is 1. The van der Waals surface area contributed by atoms with E-state index in [0.29, 0.717) is 42.6 Å². The Hall–Kier alpha value is -3.33. The number of amides is 2. The van der Waals surface area contributed by atoms with Crippen molar-refractivity contribution in [2.75, 3.05) is 54.4 Å². The number of nitrogens with zero attached hydrogens (tertiary/aromatic N) is 4. The monoisotopic (exact) mass is 527 g/mol. The highest BCUT2D eigenvalue weighted by Gasteiger charge is 2.30. The van der Waals surface area contributed by atoms with Gasteiger partial charge in [-0.1, -0.05) is 32.4 Å². The topological polar surface area (TPSA) is 99.0 Å². The minimum absolute atomic E-state index is 0.0629. The highest BCUT2D eigenvalue weighted by Crippen LogP contribution is 2.33. The number of carbonyl (C=O) groups excluding carboxylic acids is 2. The van der Waals surface area contributed by atoms with Crippen molar-refractivity contribution in [3.05, 3.63) is 57.1 Å². The molecule has 0 unspecified atom stereocenters. The number of anilines is 3. The lowest BCUT2D eigenvalue weighted by molar-refractivity contribution is -0.384. The summed E-state index contributed by atoms with van der Waals surface area (Å²) in [7, 11) is 0. The smallest absolute Gasteiger partial charge is 0.293 e. The summed E-state index contributed by atoms with van der Waals surface area (Å²) >= 11 is 6.57. The molecule has 2 aromatic rings. The van der Waals surface area contributed by atoms with Gasteiger partial charge in [-0.3, -0.25) is 19.7 Å². The van der Waals surface area contributed by atoms with Crippen LogP contribution in [0.5, 0.6) is 0 Å². The van der Waals surface area contributed by atoms with Crippen LogP contribution >= 0.6 is 11.6 Å². The molecule has 0 aromatic heterocycles. The maximum absolute atomic E-state index is 12.9. The predicted octanol–water partition coefficient (Wildman–Crippen LogP) is 5.19. The summed E-state index contributed by atoms with van der Waals surface area (Å²) < 4.78 is 0. The Kier molecular flexibility index (Phi) is 7.92. The maximum Gasteiger partial charge on any atom is 0.293 e. The van der Waals surface area contributed by atoms with E-state index in [4.69, 9.17) is 11.6 Å². The van der Waals surface area contributed by atoms with E-state index in [1.807, 2.05) is 36.6 Å². The zero-order valence-corrected chi connectivity index (χ0v) is 22.4. The van der Waals surface area contributed by atoms with Crippen molar-refractivity contribution >= 4 is 46.2 Å². The Morgan fingerprint density at radius 1 is 0.892 bits per heavy atom. The third-order valence-corrected chi connectivity index (χ3v) is 7.19. The average Bonchev–Trinajstić information content (AvgIpc) is 2.88. The van der Waals surface area contributed by atoms with E-state index in [1.165, 1.54) is 6.07 Å². The molecule has 4 rings (SSSR count). The highest BCUT2D eigenvalue weighted by atomic mass is 35.5. The lowest BCUT2D eigenvalue weighted by Crippen LogP contribution is -2.51. The van der Waals surface area contributed by atoms with Crippen LogP contribution in [0.2, 0.25) is 5.02 Å². The van der Waals surface area contributed by atoms with Crippen molar-refractivity contribution in [1.82, 2.24) is 4.90 Å². The number of benzene rings is 2. The minimum atomic E-state index is -0.439. The van der Waals surface area contributed by atoms with Crippen LogP contribution < -0.4 is 15.1 Å². The van der Waals surface area contributed by atoms with Gasteiger partial charge in [0, 0.05) is 62.0 Å². The summed E-state index contributed by atoms with van der Waals surface area (Å²) in [6.45, 7) is 9.90. The van der Waals surface area contributed by atoms with Crippen LogP contribution in [0.25, 0.3) is 0 Å². The van der Waals surface area contributed by atoms with E-state index in [1.54, 1.807) is 24.3 Å². The fraction of sp³-hybridized carbons (Fsp3) is 0.481. The van der Waals surface area contributed by atoms with Crippen LogP contribution in [0.3, 0.4) is 0 Å². The molecule has 198 valence electrons. The molecule has 9 nitrogen and oxygen atoms in total. The number of piperidine rings is 1. The predicted molar refractivity (Wildman–Crippen MR) is 147 cm³/mol. The van der Waals surface area contributed by atoms with Crippen LogP contribution in [-0.4, -0.2) is 60.9 Å². The summed E-state index contributed by atoms with van der Waals surface area (Å²) in [4.78, 5) is 42.8. The van der Waals surface area contributed by atoms with Gasteiger partial charge in [-0.05, 0) is 49.6 Å². The molecule has 2 saturated heterocycles. The number of nitro benzene ring substituents is 1. The van der Waals surface area contributed by atoms with Crippen molar-refractivity contribution < 1.29 is 14.5 Å². The second-order valence-corrected chi connectivity index (χ2v) is 11.1. The molecule has 0 bridgehead atoms. The van der Waals surface area contributed by atoms with Crippen molar-refractivity contribution in [3.8, 4) is 0 Å². The summed E-state index contributed by atoms with van der Waals surface area (Å²) in [5.74, 6) is -0.299. The Balaban J connectivity index is 1.43. The molecule has 2 amide bonds.